The first kappa shape index (κ1) is 15.9. The maximum atomic E-state index is 12.7. The van der Waals surface area contributed by atoms with Gasteiger partial charge in [0.05, 0.1) is 4.90 Å². The Morgan fingerprint density at radius 2 is 1.72 bits per heavy atom. The topological polar surface area (TPSA) is 51.1 Å². The van der Waals surface area contributed by atoms with Crippen LogP contribution in [0.5, 0.6) is 0 Å². The van der Waals surface area contributed by atoms with E-state index in [1.807, 2.05) is 72.4 Å². The Hall–Kier alpha value is -2.63. The zero-order valence-electron chi connectivity index (χ0n) is 13.8. The summed E-state index contributed by atoms with van der Waals surface area (Å²) in [5.41, 5.74) is 2.05. The minimum atomic E-state index is -3.57. The number of hydrogen-bond donors (Lipinski definition) is 1. The van der Waals surface area contributed by atoms with Crippen LogP contribution in [0.1, 0.15) is 5.56 Å². The molecule has 3 aromatic carbocycles. The summed E-state index contributed by atoms with van der Waals surface area (Å²) in [7, 11) is -1.59. The standard InChI is InChI=1S/C20H18N2O2S/c1-22-12-11-19-17(7-4-8-20(19)22)14-21-25(23,24)18-10-9-15-5-2-3-6-16(15)13-18/h2-13,21H,14H2,1H3. The molecule has 0 aliphatic heterocycles. The van der Waals surface area contributed by atoms with Crippen molar-refractivity contribution in [1.29, 1.82) is 0 Å². The third-order valence-electron chi connectivity index (χ3n) is 4.50. The van der Waals surface area contributed by atoms with E-state index in [1.165, 1.54) is 0 Å². The fraction of sp³-hybridized carbons (Fsp3) is 0.100. The summed E-state index contributed by atoms with van der Waals surface area (Å²) in [5, 5.41) is 3.00. The third-order valence-corrected chi connectivity index (χ3v) is 5.90. The number of aryl methyl sites for hydroxylation is 1. The van der Waals surface area contributed by atoms with Crippen LogP contribution in [0.15, 0.2) is 77.8 Å². The van der Waals surface area contributed by atoms with E-state index in [4.69, 9.17) is 0 Å². The molecule has 4 nitrogen and oxygen atoms in total. The molecule has 0 unspecified atom stereocenters. The molecule has 0 atom stereocenters. The number of aromatic nitrogens is 1. The molecule has 0 spiro atoms. The van der Waals surface area contributed by atoms with E-state index in [2.05, 4.69) is 4.72 Å². The van der Waals surface area contributed by atoms with Crippen LogP contribution in [0, 0.1) is 0 Å². The van der Waals surface area contributed by atoms with Crippen molar-refractivity contribution in [3.05, 3.63) is 78.5 Å². The van der Waals surface area contributed by atoms with Gasteiger partial charge in [-0.05, 0) is 40.6 Å². The van der Waals surface area contributed by atoms with Gasteiger partial charge in [-0.2, -0.15) is 0 Å². The molecule has 4 rings (SSSR count). The molecule has 0 saturated heterocycles. The van der Waals surface area contributed by atoms with Gasteiger partial charge < -0.3 is 4.57 Å². The highest BCUT2D eigenvalue weighted by molar-refractivity contribution is 7.89. The third kappa shape index (κ3) is 2.92. The second-order valence-corrected chi connectivity index (χ2v) is 7.88. The number of hydrogen-bond acceptors (Lipinski definition) is 2. The summed E-state index contributed by atoms with van der Waals surface area (Å²) in [6, 6.07) is 20.8. The molecule has 0 aliphatic carbocycles. The van der Waals surface area contributed by atoms with Crippen molar-refractivity contribution in [1.82, 2.24) is 9.29 Å². The van der Waals surface area contributed by atoms with Gasteiger partial charge in [-0.3, -0.25) is 0 Å². The summed E-state index contributed by atoms with van der Waals surface area (Å²) in [6.07, 6.45) is 1.98. The van der Waals surface area contributed by atoms with Gasteiger partial charge in [0.25, 0.3) is 0 Å². The van der Waals surface area contributed by atoms with Crippen LogP contribution >= 0.6 is 0 Å². The number of rotatable bonds is 4. The second-order valence-electron chi connectivity index (χ2n) is 6.11. The Bertz CT molecular complexity index is 1180. The van der Waals surface area contributed by atoms with Crippen molar-refractivity contribution in [2.45, 2.75) is 11.4 Å². The SMILES string of the molecule is Cn1ccc2c(CNS(=O)(=O)c3ccc4ccccc4c3)cccc21. The van der Waals surface area contributed by atoms with Crippen molar-refractivity contribution >= 4 is 31.7 Å². The highest BCUT2D eigenvalue weighted by atomic mass is 32.2. The van der Waals surface area contributed by atoms with Crippen LogP contribution in [0.25, 0.3) is 21.7 Å². The normalized spacial score (nSPS) is 12.0. The Kier molecular flexibility index (Phi) is 3.82. The van der Waals surface area contributed by atoms with Gasteiger partial charge in [-0.1, -0.05) is 42.5 Å². The van der Waals surface area contributed by atoms with Crippen molar-refractivity contribution in [3.63, 3.8) is 0 Å². The van der Waals surface area contributed by atoms with Gasteiger partial charge >= 0.3 is 0 Å². The van der Waals surface area contributed by atoms with E-state index >= 15 is 0 Å². The second kappa shape index (κ2) is 6.02. The molecule has 126 valence electrons. The van der Waals surface area contributed by atoms with Crippen molar-refractivity contribution in [3.8, 4) is 0 Å². The van der Waals surface area contributed by atoms with Crippen molar-refractivity contribution < 1.29 is 8.42 Å². The minimum Gasteiger partial charge on any atom is -0.351 e. The smallest absolute Gasteiger partial charge is 0.240 e. The summed E-state index contributed by atoms with van der Waals surface area (Å²) in [4.78, 5) is 0.284. The van der Waals surface area contributed by atoms with Gasteiger partial charge in [0.1, 0.15) is 0 Å². The maximum Gasteiger partial charge on any atom is 0.240 e. The lowest BCUT2D eigenvalue weighted by molar-refractivity contribution is 0.581. The van der Waals surface area contributed by atoms with Crippen LogP contribution in [0.4, 0.5) is 0 Å². The highest BCUT2D eigenvalue weighted by Crippen LogP contribution is 2.21. The van der Waals surface area contributed by atoms with Gasteiger partial charge in [0.2, 0.25) is 10.0 Å². The monoisotopic (exact) mass is 350 g/mol. The van der Waals surface area contributed by atoms with E-state index in [0.717, 1.165) is 27.2 Å². The van der Waals surface area contributed by atoms with Crippen LogP contribution in [0.3, 0.4) is 0 Å². The van der Waals surface area contributed by atoms with Crippen LogP contribution in [-0.2, 0) is 23.6 Å². The van der Waals surface area contributed by atoms with Crippen LogP contribution in [0.2, 0.25) is 0 Å². The Morgan fingerprint density at radius 3 is 2.56 bits per heavy atom. The number of sulfonamides is 1. The molecule has 4 aromatic rings. The first-order chi connectivity index (χ1) is 12.0. The molecular formula is C20H18N2O2S. The molecule has 0 radical (unpaired) electrons. The number of nitrogens with zero attached hydrogens (tertiary/aromatic N) is 1. The average Bonchev–Trinajstić information content (AvgIpc) is 3.01. The van der Waals surface area contributed by atoms with E-state index < -0.39 is 10.0 Å². The summed E-state index contributed by atoms with van der Waals surface area (Å²) in [5.74, 6) is 0. The maximum absolute atomic E-state index is 12.7. The number of fused-ring (bicyclic) bond motifs is 2. The predicted molar refractivity (Wildman–Crippen MR) is 101 cm³/mol. The molecule has 0 saturated carbocycles. The summed E-state index contributed by atoms with van der Waals surface area (Å²) in [6.45, 7) is 0.260. The lowest BCUT2D eigenvalue weighted by Crippen LogP contribution is -2.23. The minimum absolute atomic E-state index is 0.260. The predicted octanol–water partition coefficient (Wildman–Crippen LogP) is 3.81. The molecule has 25 heavy (non-hydrogen) atoms. The molecule has 1 aromatic heterocycles. The zero-order chi connectivity index (χ0) is 17.4. The van der Waals surface area contributed by atoms with Crippen molar-refractivity contribution in [2.24, 2.45) is 7.05 Å². The fourth-order valence-corrected chi connectivity index (χ4v) is 4.15. The first-order valence-electron chi connectivity index (χ1n) is 8.06. The largest absolute Gasteiger partial charge is 0.351 e. The first-order valence-corrected chi connectivity index (χ1v) is 9.54. The highest BCUT2D eigenvalue weighted by Gasteiger charge is 2.15. The Labute approximate surface area is 146 Å². The average molecular weight is 350 g/mol. The molecule has 0 aliphatic rings. The molecule has 0 bridgehead atoms. The van der Waals surface area contributed by atoms with Gasteiger partial charge in [-0.25, -0.2) is 13.1 Å². The lowest BCUT2D eigenvalue weighted by Gasteiger charge is -2.09. The van der Waals surface area contributed by atoms with Gasteiger partial charge in [0.15, 0.2) is 0 Å². The Morgan fingerprint density at radius 1 is 0.920 bits per heavy atom. The van der Waals surface area contributed by atoms with Crippen LogP contribution < -0.4 is 4.72 Å². The lowest BCUT2D eigenvalue weighted by atomic mass is 10.1. The molecule has 1 heterocycles. The molecule has 0 amide bonds. The quantitative estimate of drug-likeness (QED) is 0.608. The van der Waals surface area contributed by atoms with E-state index in [9.17, 15) is 8.42 Å². The van der Waals surface area contributed by atoms with E-state index in [1.54, 1.807) is 12.1 Å². The Balaban J connectivity index is 1.64. The zero-order valence-corrected chi connectivity index (χ0v) is 14.6. The number of nitrogens with one attached hydrogen (secondary N) is 1. The van der Waals surface area contributed by atoms with E-state index in [-0.39, 0.29) is 11.4 Å². The van der Waals surface area contributed by atoms with Crippen LogP contribution in [-0.4, -0.2) is 13.0 Å². The summed E-state index contributed by atoms with van der Waals surface area (Å²) < 4.78 is 30.1. The molecule has 1 N–H and O–H groups in total. The number of benzene rings is 3. The molecule has 0 fully saturated rings. The van der Waals surface area contributed by atoms with Gasteiger partial charge in [0, 0.05) is 30.7 Å². The van der Waals surface area contributed by atoms with Gasteiger partial charge in [-0.15, -0.1) is 0 Å². The van der Waals surface area contributed by atoms with E-state index in [0.29, 0.717) is 0 Å². The van der Waals surface area contributed by atoms with Crippen molar-refractivity contribution in [2.75, 3.05) is 0 Å². The molecular weight excluding hydrogens is 332 g/mol. The fourth-order valence-electron chi connectivity index (χ4n) is 3.11. The summed E-state index contributed by atoms with van der Waals surface area (Å²) >= 11 is 0. The molecule has 5 heteroatoms.